The largest absolute Gasteiger partial charge is 0.480 e. The lowest BCUT2D eigenvalue weighted by Gasteiger charge is -2.12. The van der Waals surface area contributed by atoms with E-state index in [1.807, 2.05) is 0 Å². The Morgan fingerprint density at radius 1 is 1.62 bits per heavy atom. The number of thioether (sulfide) groups is 1. The van der Waals surface area contributed by atoms with E-state index in [-0.39, 0.29) is 11.2 Å². The van der Waals surface area contributed by atoms with Crippen LogP contribution in [0.3, 0.4) is 0 Å². The molecule has 0 aromatic heterocycles. The number of carboxylic acid groups (broad SMARTS) is 1. The highest BCUT2D eigenvalue weighted by Gasteiger charge is 2.30. The van der Waals surface area contributed by atoms with Crippen LogP contribution in [0.5, 0.6) is 0 Å². The van der Waals surface area contributed by atoms with Crippen molar-refractivity contribution in [2.75, 3.05) is 5.75 Å². The van der Waals surface area contributed by atoms with Crippen molar-refractivity contribution >= 4 is 17.7 Å². The fourth-order valence-corrected chi connectivity index (χ4v) is 2.86. The number of hydrogen-bond donors (Lipinski definition) is 2. The first-order valence-electron chi connectivity index (χ1n) is 4.94. The molecule has 0 saturated carbocycles. The lowest BCUT2D eigenvalue weighted by molar-refractivity contribution is -0.138. The summed E-state index contributed by atoms with van der Waals surface area (Å²) in [7, 11) is 0. The van der Waals surface area contributed by atoms with Gasteiger partial charge in [0, 0.05) is 5.75 Å². The van der Waals surface area contributed by atoms with Gasteiger partial charge >= 0.3 is 5.97 Å². The van der Waals surface area contributed by atoms with E-state index >= 15 is 0 Å². The Bertz CT molecular complexity index is 424. The van der Waals surface area contributed by atoms with Crippen molar-refractivity contribution in [1.29, 1.82) is 0 Å². The van der Waals surface area contributed by atoms with Crippen molar-refractivity contribution in [3.05, 3.63) is 35.1 Å². The van der Waals surface area contributed by atoms with Gasteiger partial charge in [-0.15, -0.1) is 11.8 Å². The van der Waals surface area contributed by atoms with E-state index in [0.29, 0.717) is 11.3 Å². The summed E-state index contributed by atoms with van der Waals surface area (Å²) >= 11 is 1.53. The molecule has 0 aliphatic carbocycles. The number of carbonyl (C=O) groups is 1. The van der Waals surface area contributed by atoms with Gasteiger partial charge in [0.1, 0.15) is 11.9 Å². The number of benzene rings is 1. The maximum Gasteiger partial charge on any atom is 0.321 e. The van der Waals surface area contributed by atoms with Gasteiger partial charge in [-0.3, -0.25) is 10.1 Å². The number of hydrogen-bond acceptors (Lipinski definition) is 3. The standard InChI is InChI=1S/C11H12FNO2S/c1-6-4-7(2-3-8(6)12)10-13-9(5-16-10)11(14)15/h2-4,9-10,13H,5H2,1H3,(H,14,15)/t9-,10?/m0/s1. The molecular weight excluding hydrogens is 229 g/mol. The minimum Gasteiger partial charge on any atom is -0.480 e. The molecule has 3 nitrogen and oxygen atoms in total. The summed E-state index contributed by atoms with van der Waals surface area (Å²) in [5.74, 6) is -0.536. The van der Waals surface area contributed by atoms with E-state index in [1.165, 1.54) is 17.8 Å². The zero-order valence-electron chi connectivity index (χ0n) is 8.74. The predicted molar refractivity (Wildman–Crippen MR) is 60.9 cm³/mol. The molecule has 0 spiro atoms. The number of aliphatic carboxylic acids is 1. The number of carboxylic acids is 1. The fourth-order valence-electron chi connectivity index (χ4n) is 1.64. The third kappa shape index (κ3) is 2.20. The molecular formula is C11H12FNO2S. The molecule has 2 rings (SSSR count). The van der Waals surface area contributed by atoms with Crippen molar-refractivity contribution in [3.63, 3.8) is 0 Å². The van der Waals surface area contributed by atoms with E-state index in [1.54, 1.807) is 19.1 Å². The van der Waals surface area contributed by atoms with Crippen molar-refractivity contribution in [2.24, 2.45) is 0 Å². The summed E-state index contributed by atoms with van der Waals surface area (Å²) in [5.41, 5.74) is 1.51. The van der Waals surface area contributed by atoms with Gasteiger partial charge in [0.15, 0.2) is 0 Å². The van der Waals surface area contributed by atoms with Crippen LogP contribution < -0.4 is 5.32 Å². The van der Waals surface area contributed by atoms with Gasteiger partial charge in [-0.25, -0.2) is 4.39 Å². The quantitative estimate of drug-likeness (QED) is 0.830. The average molecular weight is 241 g/mol. The second kappa shape index (κ2) is 4.43. The lowest BCUT2D eigenvalue weighted by atomic mass is 10.1. The molecule has 1 aromatic rings. The Balaban J connectivity index is 2.14. The number of rotatable bonds is 2. The van der Waals surface area contributed by atoms with E-state index in [2.05, 4.69) is 5.32 Å². The van der Waals surface area contributed by atoms with Crippen molar-refractivity contribution in [3.8, 4) is 0 Å². The molecule has 0 bridgehead atoms. The molecule has 16 heavy (non-hydrogen) atoms. The van der Waals surface area contributed by atoms with E-state index in [9.17, 15) is 9.18 Å². The van der Waals surface area contributed by atoms with E-state index < -0.39 is 12.0 Å². The third-order valence-electron chi connectivity index (χ3n) is 2.56. The number of halogens is 1. The van der Waals surface area contributed by atoms with Crippen molar-refractivity contribution in [2.45, 2.75) is 18.3 Å². The second-order valence-electron chi connectivity index (χ2n) is 3.78. The Kier molecular flexibility index (Phi) is 3.16. The van der Waals surface area contributed by atoms with E-state index in [4.69, 9.17) is 5.11 Å². The molecule has 2 N–H and O–H groups in total. The summed E-state index contributed by atoms with van der Waals surface area (Å²) in [6.45, 7) is 1.70. The highest BCUT2D eigenvalue weighted by molar-refractivity contribution is 7.99. The lowest BCUT2D eigenvalue weighted by Crippen LogP contribution is -2.33. The van der Waals surface area contributed by atoms with Crippen LogP contribution in [0.1, 0.15) is 16.5 Å². The molecule has 86 valence electrons. The minimum absolute atomic E-state index is 0.0552. The van der Waals surface area contributed by atoms with Crippen LogP contribution in [-0.4, -0.2) is 22.9 Å². The van der Waals surface area contributed by atoms with Gasteiger partial charge in [0.2, 0.25) is 0 Å². The summed E-state index contributed by atoms with van der Waals surface area (Å²) in [6.07, 6.45) is 0. The third-order valence-corrected chi connectivity index (χ3v) is 3.83. The predicted octanol–water partition coefficient (Wildman–Crippen LogP) is 1.92. The monoisotopic (exact) mass is 241 g/mol. The van der Waals surface area contributed by atoms with Crippen LogP contribution in [0.2, 0.25) is 0 Å². The molecule has 0 amide bonds. The normalized spacial score (nSPS) is 24.6. The Hall–Kier alpha value is -1.07. The Morgan fingerprint density at radius 3 is 2.94 bits per heavy atom. The molecule has 1 heterocycles. The molecule has 5 heteroatoms. The van der Waals surface area contributed by atoms with Crippen LogP contribution in [0.25, 0.3) is 0 Å². The van der Waals surface area contributed by atoms with Gasteiger partial charge in [-0.05, 0) is 24.1 Å². The van der Waals surface area contributed by atoms with Crippen LogP contribution in [0.15, 0.2) is 18.2 Å². The topological polar surface area (TPSA) is 49.3 Å². The summed E-state index contributed by atoms with van der Waals surface area (Å²) < 4.78 is 13.1. The highest BCUT2D eigenvalue weighted by Crippen LogP contribution is 2.33. The van der Waals surface area contributed by atoms with Crippen LogP contribution in [-0.2, 0) is 4.79 Å². The maximum atomic E-state index is 13.1. The van der Waals surface area contributed by atoms with Gasteiger partial charge in [-0.2, -0.15) is 0 Å². The second-order valence-corrected chi connectivity index (χ2v) is 4.92. The van der Waals surface area contributed by atoms with Crippen LogP contribution in [0, 0.1) is 12.7 Å². The van der Waals surface area contributed by atoms with Gasteiger partial charge < -0.3 is 5.11 Å². The van der Waals surface area contributed by atoms with Crippen LogP contribution >= 0.6 is 11.8 Å². The summed E-state index contributed by atoms with van der Waals surface area (Å²) in [4.78, 5) is 10.8. The molecule has 1 saturated heterocycles. The average Bonchev–Trinajstić information content (AvgIpc) is 2.71. The minimum atomic E-state index is -0.839. The first-order valence-corrected chi connectivity index (χ1v) is 5.99. The van der Waals surface area contributed by atoms with Gasteiger partial charge in [-0.1, -0.05) is 12.1 Å². The summed E-state index contributed by atoms with van der Waals surface area (Å²) in [6, 6.07) is 4.35. The molecule has 1 unspecified atom stereocenters. The smallest absolute Gasteiger partial charge is 0.321 e. The zero-order chi connectivity index (χ0) is 11.7. The SMILES string of the molecule is Cc1cc(C2N[C@H](C(=O)O)CS2)ccc1F. The zero-order valence-corrected chi connectivity index (χ0v) is 9.55. The fraction of sp³-hybridized carbons (Fsp3) is 0.364. The number of aryl methyl sites for hydroxylation is 1. The first kappa shape index (κ1) is 11.4. The van der Waals surface area contributed by atoms with E-state index in [0.717, 1.165) is 5.56 Å². The molecule has 2 atom stereocenters. The Labute approximate surface area is 97.0 Å². The maximum absolute atomic E-state index is 13.1. The van der Waals surface area contributed by atoms with Gasteiger partial charge in [0.25, 0.3) is 0 Å². The van der Waals surface area contributed by atoms with Crippen LogP contribution in [0.4, 0.5) is 4.39 Å². The van der Waals surface area contributed by atoms with Crippen molar-refractivity contribution in [1.82, 2.24) is 5.32 Å². The first-order chi connectivity index (χ1) is 7.58. The molecule has 1 aliphatic heterocycles. The molecule has 1 fully saturated rings. The highest BCUT2D eigenvalue weighted by atomic mass is 32.2. The molecule has 1 aliphatic rings. The molecule has 1 aromatic carbocycles. The number of nitrogens with one attached hydrogen (secondary N) is 1. The Morgan fingerprint density at radius 2 is 2.38 bits per heavy atom. The van der Waals surface area contributed by atoms with Gasteiger partial charge in [0.05, 0.1) is 5.37 Å². The summed E-state index contributed by atoms with van der Waals surface area (Å²) in [5, 5.41) is 11.8. The van der Waals surface area contributed by atoms with Crippen molar-refractivity contribution < 1.29 is 14.3 Å². The molecule has 0 radical (unpaired) electrons.